The fraction of sp³-hybridized carbons (Fsp3) is 0.500. The molecule has 0 saturated heterocycles. The molecule has 0 aliphatic rings. The Labute approximate surface area is 144 Å². The number of hydrogen-bond acceptors (Lipinski definition) is 3. The van der Waals surface area contributed by atoms with E-state index in [0.717, 1.165) is 16.8 Å². The number of aryl methyl sites for hydroxylation is 2. The maximum atomic E-state index is 11.6. The zero-order chi connectivity index (χ0) is 15.6. The van der Waals surface area contributed by atoms with E-state index < -0.39 is 14.6 Å². The SMILES string of the molecule is Cc1cc(C)cc(NC(N)=NCC(C)(C)S(C)(=O)=O)c1.I. The van der Waals surface area contributed by atoms with Crippen molar-refractivity contribution in [1.82, 2.24) is 0 Å². The van der Waals surface area contributed by atoms with Crippen molar-refractivity contribution in [1.29, 1.82) is 0 Å². The summed E-state index contributed by atoms with van der Waals surface area (Å²) < 4.78 is 22.2. The fourth-order valence-corrected chi connectivity index (χ4v) is 1.93. The highest BCUT2D eigenvalue weighted by Gasteiger charge is 2.29. The second-order valence-electron chi connectivity index (χ2n) is 5.73. The van der Waals surface area contributed by atoms with Gasteiger partial charge in [-0.15, -0.1) is 24.0 Å². The minimum atomic E-state index is -3.17. The standard InChI is InChI=1S/C14H23N3O2S.HI/c1-10-6-11(2)8-12(7-10)17-13(15)16-9-14(3,4)20(5,18)19;/h6-8H,9H2,1-5H3,(H3,15,16,17);1H. The van der Waals surface area contributed by atoms with Crippen LogP contribution in [0.4, 0.5) is 5.69 Å². The summed E-state index contributed by atoms with van der Waals surface area (Å²) in [5.74, 6) is 0.215. The van der Waals surface area contributed by atoms with Gasteiger partial charge in [0.15, 0.2) is 15.8 Å². The third-order valence-electron chi connectivity index (χ3n) is 3.13. The van der Waals surface area contributed by atoms with Crippen LogP contribution >= 0.6 is 24.0 Å². The van der Waals surface area contributed by atoms with Gasteiger partial charge in [-0.2, -0.15) is 0 Å². The number of halogens is 1. The number of nitrogens with zero attached hydrogens (tertiary/aromatic N) is 1. The third kappa shape index (κ3) is 6.21. The Kier molecular flexibility index (Phi) is 7.14. The number of nitrogens with two attached hydrogens (primary N) is 1. The highest BCUT2D eigenvalue weighted by atomic mass is 127. The molecule has 21 heavy (non-hydrogen) atoms. The lowest BCUT2D eigenvalue weighted by Crippen LogP contribution is -2.36. The van der Waals surface area contributed by atoms with Gasteiger partial charge in [0.05, 0.1) is 11.3 Å². The topological polar surface area (TPSA) is 84.5 Å². The van der Waals surface area contributed by atoms with Crippen molar-refractivity contribution >= 4 is 45.5 Å². The van der Waals surface area contributed by atoms with Crippen molar-refractivity contribution in [2.24, 2.45) is 10.7 Å². The predicted octanol–water partition coefficient (Wildman–Crippen LogP) is 2.47. The molecule has 0 saturated carbocycles. The van der Waals surface area contributed by atoms with Crippen molar-refractivity contribution in [2.75, 3.05) is 18.1 Å². The molecular weight excluding hydrogens is 401 g/mol. The van der Waals surface area contributed by atoms with Crippen LogP contribution < -0.4 is 11.1 Å². The molecule has 0 bridgehead atoms. The Morgan fingerprint density at radius 2 is 1.71 bits per heavy atom. The van der Waals surface area contributed by atoms with Gasteiger partial charge in [0, 0.05) is 11.9 Å². The molecule has 1 aromatic rings. The smallest absolute Gasteiger partial charge is 0.193 e. The summed E-state index contributed by atoms with van der Waals surface area (Å²) in [6, 6.07) is 5.97. The molecule has 0 fully saturated rings. The summed E-state index contributed by atoms with van der Waals surface area (Å²) in [5.41, 5.74) is 8.89. The lowest BCUT2D eigenvalue weighted by Gasteiger charge is -2.20. The van der Waals surface area contributed by atoms with E-state index in [9.17, 15) is 8.42 Å². The Morgan fingerprint density at radius 1 is 1.24 bits per heavy atom. The van der Waals surface area contributed by atoms with E-state index in [-0.39, 0.29) is 36.5 Å². The quantitative estimate of drug-likeness (QED) is 0.441. The van der Waals surface area contributed by atoms with Crippen LogP contribution in [0.25, 0.3) is 0 Å². The lowest BCUT2D eigenvalue weighted by atomic mass is 10.1. The summed E-state index contributed by atoms with van der Waals surface area (Å²) in [6.45, 7) is 7.39. The number of anilines is 1. The largest absolute Gasteiger partial charge is 0.370 e. The maximum absolute atomic E-state index is 11.6. The summed E-state index contributed by atoms with van der Waals surface area (Å²) in [6.07, 6.45) is 1.20. The average molecular weight is 425 g/mol. The molecule has 0 amide bonds. The van der Waals surface area contributed by atoms with Crippen LogP contribution in [-0.4, -0.2) is 31.9 Å². The van der Waals surface area contributed by atoms with Crippen molar-refractivity contribution in [3.8, 4) is 0 Å². The van der Waals surface area contributed by atoms with E-state index in [0.29, 0.717) is 0 Å². The Bertz CT molecular complexity index is 605. The average Bonchev–Trinajstić information content (AvgIpc) is 2.23. The van der Waals surface area contributed by atoms with Gasteiger partial charge in [0.25, 0.3) is 0 Å². The van der Waals surface area contributed by atoms with Crippen LogP contribution in [0.3, 0.4) is 0 Å². The zero-order valence-electron chi connectivity index (χ0n) is 13.1. The molecule has 120 valence electrons. The Morgan fingerprint density at radius 3 is 2.14 bits per heavy atom. The fourth-order valence-electron chi connectivity index (χ4n) is 1.63. The van der Waals surface area contributed by atoms with Gasteiger partial charge in [-0.1, -0.05) is 6.07 Å². The molecule has 1 aromatic carbocycles. The van der Waals surface area contributed by atoms with Crippen molar-refractivity contribution in [3.05, 3.63) is 29.3 Å². The molecule has 0 atom stereocenters. The minimum absolute atomic E-state index is 0. The summed E-state index contributed by atoms with van der Waals surface area (Å²) in [7, 11) is -3.17. The third-order valence-corrected chi connectivity index (χ3v) is 5.26. The van der Waals surface area contributed by atoms with Gasteiger partial charge in [-0.25, -0.2) is 8.42 Å². The molecule has 0 heterocycles. The first kappa shape index (κ1) is 20.2. The first-order valence-corrected chi connectivity index (χ1v) is 8.25. The zero-order valence-corrected chi connectivity index (χ0v) is 16.2. The van der Waals surface area contributed by atoms with E-state index in [2.05, 4.69) is 16.4 Å². The van der Waals surface area contributed by atoms with E-state index >= 15 is 0 Å². The first-order valence-electron chi connectivity index (χ1n) is 6.36. The number of guanidine groups is 1. The second-order valence-corrected chi connectivity index (χ2v) is 8.38. The summed E-state index contributed by atoms with van der Waals surface area (Å²) >= 11 is 0. The Hall–Kier alpha value is -0.830. The van der Waals surface area contributed by atoms with E-state index in [4.69, 9.17) is 5.73 Å². The second kappa shape index (κ2) is 7.44. The number of sulfone groups is 1. The monoisotopic (exact) mass is 425 g/mol. The van der Waals surface area contributed by atoms with E-state index in [1.807, 2.05) is 26.0 Å². The van der Waals surface area contributed by atoms with E-state index in [1.54, 1.807) is 13.8 Å². The van der Waals surface area contributed by atoms with Crippen molar-refractivity contribution < 1.29 is 8.42 Å². The molecule has 3 N–H and O–H groups in total. The molecule has 7 heteroatoms. The van der Waals surface area contributed by atoms with Crippen molar-refractivity contribution in [3.63, 3.8) is 0 Å². The highest BCUT2D eigenvalue weighted by molar-refractivity contribution is 14.0. The molecule has 5 nitrogen and oxygen atoms in total. The highest BCUT2D eigenvalue weighted by Crippen LogP contribution is 2.16. The van der Waals surface area contributed by atoms with Crippen LogP contribution in [-0.2, 0) is 9.84 Å². The number of hydrogen-bond donors (Lipinski definition) is 2. The summed E-state index contributed by atoms with van der Waals surface area (Å²) in [4.78, 5) is 4.12. The number of rotatable bonds is 4. The Balaban J connectivity index is 0.00000400. The van der Waals surface area contributed by atoms with Gasteiger partial charge >= 0.3 is 0 Å². The number of aliphatic imine (C=N–C) groups is 1. The van der Waals surface area contributed by atoms with Crippen LogP contribution in [0.5, 0.6) is 0 Å². The molecule has 0 aromatic heterocycles. The minimum Gasteiger partial charge on any atom is -0.370 e. The number of benzene rings is 1. The molecule has 0 aliphatic heterocycles. The molecule has 0 aliphatic carbocycles. The van der Waals surface area contributed by atoms with Gasteiger partial charge in [-0.05, 0) is 51.0 Å². The van der Waals surface area contributed by atoms with Gasteiger partial charge in [0.1, 0.15) is 0 Å². The van der Waals surface area contributed by atoms with Crippen LogP contribution in [0.15, 0.2) is 23.2 Å². The van der Waals surface area contributed by atoms with Gasteiger partial charge in [-0.3, -0.25) is 4.99 Å². The van der Waals surface area contributed by atoms with Crippen LogP contribution in [0.2, 0.25) is 0 Å². The van der Waals surface area contributed by atoms with Crippen LogP contribution in [0.1, 0.15) is 25.0 Å². The molecule has 0 unspecified atom stereocenters. The lowest BCUT2D eigenvalue weighted by molar-refractivity contribution is 0.555. The molecule has 0 spiro atoms. The summed E-state index contributed by atoms with van der Waals surface area (Å²) in [5, 5.41) is 2.98. The number of nitrogens with one attached hydrogen (secondary N) is 1. The molecular formula is C14H24IN3O2S. The molecule has 1 rings (SSSR count). The van der Waals surface area contributed by atoms with Crippen molar-refractivity contribution in [2.45, 2.75) is 32.4 Å². The normalized spacial score (nSPS) is 12.7. The van der Waals surface area contributed by atoms with Gasteiger partial charge < -0.3 is 11.1 Å². The molecule has 0 radical (unpaired) electrons. The van der Waals surface area contributed by atoms with Crippen LogP contribution in [0, 0.1) is 13.8 Å². The van der Waals surface area contributed by atoms with E-state index in [1.165, 1.54) is 6.26 Å². The predicted molar refractivity (Wildman–Crippen MR) is 100 cm³/mol. The maximum Gasteiger partial charge on any atom is 0.193 e. The first-order chi connectivity index (χ1) is 9.01. The van der Waals surface area contributed by atoms with Gasteiger partial charge in [0.2, 0.25) is 0 Å².